The van der Waals surface area contributed by atoms with Crippen molar-refractivity contribution in [3.63, 3.8) is 0 Å². The van der Waals surface area contributed by atoms with Crippen molar-refractivity contribution in [3.8, 4) is 0 Å². The van der Waals surface area contributed by atoms with Crippen molar-refractivity contribution < 1.29 is 9.53 Å². The zero-order valence-corrected chi connectivity index (χ0v) is 9.64. The van der Waals surface area contributed by atoms with E-state index in [2.05, 4.69) is 6.92 Å². The molecule has 0 aromatic rings. The van der Waals surface area contributed by atoms with Crippen LogP contribution in [0.5, 0.6) is 0 Å². The van der Waals surface area contributed by atoms with Crippen LogP contribution in [-0.4, -0.2) is 11.6 Å². The molecule has 80 valence electrons. The standard InChI is InChI=1S/C12H20O2/c1-5-6-7-8-12(4)10(3)9(2)11(13)14-12/h5-8H2,1-4H3. The molecule has 0 amide bonds. The Hall–Kier alpha value is -0.790. The Kier molecular flexibility index (Phi) is 3.35. The maximum Gasteiger partial charge on any atom is 0.334 e. The lowest BCUT2D eigenvalue weighted by Crippen LogP contribution is -2.26. The van der Waals surface area contributed by atoms with Crippen molar-refractivity contribution in [2.75, 3.05) is 0 Å². The molecule has 1 rings (SSSR count). The first-order chi connectivity index (χ1) is 6.51. The van der Waals surface area contributed by atoms with Crippen LogP contribution in [0.25, 0.3) is 0 Å². The van der Waals surface area contributed by atoms with E-state index in [-0.39, 0.29) is 11.6 Å². The largest absolute Gasteiger partial charge is 0.451 e. The van der Waals surface area contributed by atoms with Crippen LogP contribution >= 0.6 is 0 Å². The first-order valence-electron chi connectivity index (χ1n) is 5.42. The van der Waals surface area contributed by atoms with Crippen LogP contribution in [0.2, 0.25) is 0 Å². The lowest BCUT2D eigenvalue weighted by molar-refractivity contribution is -0.146. The van der Waals surface area contributed by atoms with Crippen molar-refractivity contribution in [2.24, 2.45) is 0 Å². The van der Waals surface area contributed by atoms with Gasteiger partial charge >= 0.3 is 5.97 Å². The van der Waals surface area contributed by atoms with Crippen LogP contribution in [0.1, 0.15) is 53.4 Å². The topological polar surface area (TPSA) is 26.3 Å². The van der Waals surface area contributed by atoms with Crippen molar-refractivity contribution in [1.82, 2.24) is 0 Å². The first-order valence-corrected chi connectivity index (χ1v) is 5.42. The predicted molar refractivity (Wildman–Crippen MR) is 57.0 cm³/mol. The minimum absolute atomic E-state index is 0.138. The van der Waals surface area contributed by atoms with E-state index in [0.29, 0.717) is 0 Å². The number of unbranched alkanes of at least 4 members (excludes halogenated alkanes) is 2. The number of hydrogen-bond acceptors (Lipinski definition) is 2. The van der Waals surface area contributed by atoms with Gasteiger partial charge in [0.15, 0.2) is 0 Å². The van der Waals surface area contributed by atoms with Gasteiger partial charge < -0.3 is 4.74 Å². The maximum absolute atomic E-state index is 11.4. The van der Waals surface area contributed by atoms with Crippen molar-refractivity contribution in [2.45, 2.75) is 59.0 Å². The van der Waals surface area contributed by atoms with E-state index < -0.39 is 0 Å². The molecule has 1 aliphatic rings. The summed E-state index contributed by atoms with van der Waals surface area (Å²) in [7, 11) is 0. The lowest BCUT2D eigenvalue weighted by atomic mass is 9.90. The van der Waals surface area contributed by atoms with E-state index in [4.69, 9.17) is 4.74 Å². The molecular formula is C12H20O2. The molecule has 1 unspecified atom stereocenters. The quantitative estimate of drug-likeness (QED) is 0.509. The number of ether oxygens (including phenoxy) is 1. The molecular weight excluding hydrogens is 176 g/mol. The summed E-state index contributed by atoms with van der Waals surface area (Å²) in [5.41, 5.74) is 1.58. The van der Waals surface area contributed by atoms with Crippen LogP contribution in [0.3, 0.4) is 0 Å². The molecule has 2 nitrogen and oxygen atoms in total. The summed E-state index contributed by atoms with van der Waals surface area (Å²) in [4.78, 5) is 11.4. The van der Waals surface area contributed by atoms with Crippen LogP contribution in [0, 0.1) is 0 Å². The molecule has 1 heterocycles. The van der Waals surface area contributed by atoms with Gasteiger partial charge in [-0.25, -0.2) is 4.79 Å². The Morgan fingerprint density at radius 1 is 1.29 bits per heavy atom. The average Bonchev–Trinajstić information content (AvgIpc) is 2.32. The van der Waals surface area contributed by atoms with Crippen molar-refractivity contribution in [3.05, 3.63) is 11.1 Å². The molecule has 1 atom stereocenters. The van der Waals surface area contributed by atoms with Gasteiger partial charge in [-0.1, -0.05) is 19.8 Å². The highest BCUT2D eigenvalue weighted by Gasteiger charge is 2.38. The highest BCUT2D eigenvalue weighted by Crippen LogP contribution is 2.36. The van der Waals surface area contributed by atoms with Crippen molar-refractivity contribution in [1.29, 1.82) is 0 Å². The Bertz CT molecular complexity index is 265. The molecule has 0 N–H and O–H groups in total. The molecule has 0 spiro atoms. The summed E-state index contributed by atoms with van der Waals surface area (Å²) < 4.78 is 5.41. The third kappa shape index (κ3) is 1.99. The number of esters is 1. The molecule has 0 saturated carbocycles. The summed E-state index contributed by atoms with van der Waals surface area (Å²) in [5, 5.41) is 0. The summed E-state index contributed by atoms with van der Waals surface area (Å²) in [5.74, 6) is -0.138. The SMILES string of the molecule is CCCCCC1(C)OC(=O)C(C)=C1C. The van der Waals surface area contributed by atoms with E-state index in [1.165, 1.54) is 12.8 Å². The zero-order chi connectivity index (χ0) is 10.8. The second-order valence-corrected chi connectivity index (χ2v) is 4.33. The Labute approximate surface area is 86.3 Å². The van der Waals surface area contributed by atoms with Gasteiger partial charge in [-0.05, 0) is 39.2 Å². The van der Waals surface area contributed by atoms with Crippen LogP contribution < -0.4 is 0 Å². The number of carbonyl (C=O) groups is 1. The fourth-order valence-corrected chi connectivity index (χ4v) is 1.86. The van der Waals surface area contributed by atoms with Crippen molar-refractivity contribution >= 4 is 5.97 Å². The van der Waals surface area contributed by atoms with Gasteiger partial charge in [0.2, 0.25) is 0 Å². The van der Waals surface area contributed by atoms with Crippen LogP contribution in [0.15, 0.2) is 11.1 Å². The number of carbonyl (C=O) groups excluding carboxylic acids is 1. The van der Waals surface area contributed by atoms with Gasteiger partial charge in [-0.3, -0.25) is 0 Å². The molecule has 2 heteroatoms. The average molecular weight is 196 g/mol. The molecule has 14 heavy (non-hydrogen) atoms. The Morgan fingerprint density at radius 3 is 2.36 bits per heavy atom. The van der Waals surface area contributed by atoms with Gasteiger partial charge in [0, 0.05) is 5.57 Å². The summed E-state index contributed by atoms with van der Waals surface area (Å²) in [6.45, 7) is 8.05. The smallest absolute Gasteiger partial charge is 0.334 e. The molecule has 1 aliphatic heterocycles. The second kappa shape index (κ2) is 4.16. The summed E-state index contributed by atoms with van der Waals surface area (Å²) in [6, 6.07) is 0. The predicted octanol–water partition coefficient (Wildman–Crippen LogP) is 3.22. The van der Waals surface area contributed by atoms with Gasteiger partial charge in [0.05, 0.1) is 0 Å². The fourth-order valence-electron chi connectivity index (χ4n) is 1.86. The second-order valence-electron chi connectivity index (χ2n) is 4.33. The third-order valence-corrected chi connectivity index (χ3v) is 3.24. The highest BCUT2D eigenvalue weighted by atomic mass is 16.6. The zero-order valence-electron chi connectivity index (χ0n) is 9.64. The number of rotatable bonds is 4. The van der Waals surface area contributed by atoms with E-state index in [0.717, 1.165) is 24.0 Å². The third-order valence-electron chi connectivity index (χ3n) is 3.24. The van der Waals surface area contributed by atoms with E-state index in [9.17, 15) is 4.79 Å². The number of cyclic esters (lactones) is 1. The Balaban J connectivity index is 2.63. The molecule has 0 fully saturated rings. The van der Waals surface area contributed by atoms with Gasteiger partial charge in [-0.15, -0.1) is 0 Å². The van der Waals surface area contributed by atoms with E-state index in [1.807, 2.05) is 20.8 Å². The highest BCUT2D eigenvalue weighted by molar-refractivity contribution is 5.92. The van der Waals surface area contributed by atoms with E-state index in [1.54, 1.807) is 0 Å². The molecule has 0 bridgehead atoms. The van der Waals surface area contributed by atoms with Gasteiger partial charge in [0.1, 0.15) is 5.60 Å². The molecule has 0 aliphatic carbocycles. The molecule has 0 aromatic carbocycles. The maximum atomic E-state index is 11.4. The number of hydrogen-bond donors (Lipinski definition) is 0. The minimum atomic E-state index is -0.323. The molecule has 0 saturated heterocycles. The molecule has 0 radical (unpaired) electrons. The van der Waals surface area contributed by atoms with Gasteiger partial charge in [0.25, 0.3) is 0 Å². The molecule has 0 aromatic heterocycles. The Morgan fingerprint density at radius 2 is 1.93 bits per heavy atom. The lowest BCUT2D eigenvalue weighted by Gasteiger charge is -2.24. The normalized spacial score (nSPS) is 27.0. The minimum Gasteiger partial charge on any atom is -0.451 e. The summed E-state index contributed by atoms with van der Waals surface area (Å²) in [6.07, 6.45) is 4.49. The first kappa shape index (κ1) is 11.3. The van der Waals surface area contributed by atoms with Crippen LogP contribution in [0.4, 0.5) is 0 Å². The monoisotopic (exact) mass is 196 g/mol. The fraction of sp³-hybridized carbons (Fsp3) is 0.750. The summed E-state index contributed by atoms with van der Waals surface area (Å²) >= 11 is 0. The van der Waals surface area contributed by atoms with Gasteiger partial charge in [-0.2, -0.15) is 0 Å². The van der Waals surface area contributed by atoms with E-state index >= 15 is 0 Å². The van der Waals surface area contributed by atoms with Crippen LogP contribution in [-0.2, 0) is 9.53 Å².